The SMILES string of the molecule is C1=C(c2ccccc2)C=C(N(c2ccc(-c3ccccc3)cc2)c2ccc(-c3ccc4cc(-n5c6ccccc6c6cc7ccccc7cc65)ccc4c3)cc2)CC1. The van der Waals surface area contributed by atoms with Crippen molar-refractivity contribution in [3.05, 3.63) is 230 Å². The Morgan fingerprint density at radius 3 is 1.67 bits per heavy atom. The van der Waals surface area contributed by atoms with Crippen LogP contribution in [-0.4, -0.2) is 4.57 Å². The predicted molar refractivity (Wildman–Crippen MR) is 247 cm³/mol. The number of anilines is 2. The fourth-order valence-corrected chi connectivity index (χ4v) is 8.90. The quantitative estimate of drug-likeness (QED) is 0.158. The van der Waals surface area contributed by atoms with Crippen molar-refractivity contribution in [2.75, 3.05) is 4.90 Å². The van der Waals surface area contributed by atoms with E-state index in [-0.39, 0.29) is 0 Å². The van der Waals surface area contributed by atoms with Crippen LogP contribution in [0.2, 0.25) is 0 Å². The summed E-state index contributed by atoms with van der Waals surface area (Å²) >= 11 is 0. The van der Waals surface area contributed by atoms with E-state index in [2.05, 4.69) is 228 Å². The first-order chi connectivity index (χ1) is 28.7. The number of allylic oxidation sites excluding steroid dienone is 4. The van der Waals surface area contributed by atoms with Crippen molar-refractivity contribution in [2.24, 2.45) is 0 Å². The van der Waals surface area contributed by atoms with Gasteiger partial charge in [0.15, 0.2) is 0 Å². The molecule has 9 aromatic carbocycles. The van der Waals surface area contributed by atoms with Gasteiger partial charge in [-0.2, -0.15) is 0 Å². The highest BCUT2D eigenvalue weighted by molar-refractivity contribution is 6.13. The van der Waals surface area contributed by atoms with E-state index in [4.69, 9.17) is 0 Å². The Morgan fingerprint density at radius 1 is 0.379 bits per heavy atom. The summed E-state index contributed by atoms with van der Waals surface area (Å²) in [4.78, 5) is 2.44. The number of hydrogen-bond acceptors (Lipinski definition) is 1. The summed E-state index contributed by atoms with van der Waals surface area (Å²) in [5.41, 5.74) is 14.6. The standard InChI is InChI=1S/C56H40N2/c1-3-12-39(13-4-1)41-24-29-49(30-25-41)57(51-19-11-18-43(35-51)40-14-5-2-6-15-40)50-31-26-42(27-32-50)46-22-23-48-36-52(33-28-47(48)34-46)58-55-21-10-9-20-53(55)54-37-44-16-7-8-17-45(44)38-56(54)58/h1-10,12-18,20-38H,11,19H2. The van der Waals surface area contributed by atoms with Gasteiger partial charge in [0, 0.05) is 33.5 Å². The predicted octanol–water partition coefficient (Wildman–Crippen LogP) is 15.3. The highest BCUT2D eigenvalue weighted by Gasteiger charge is 2.19. The maximum atomic E-state index is 2.44. The Kier molecular flexibility index (Phi) is 8.33. The third kappa shape index (κ3) is 6.07. The first kappa shape index (κ1) is 33.9. The van der Waals surface area contributed by atoms with Gasteiger partial charge in [0.05, 0.1) is 11.0 Å². The fourth-order valence-electron chi connectivity index (χ4n) is 8.90. The monoisotopic (exact) mass is 740 g/mol. The lowest BCUT2D eigenvalue weighted by Crippen LogP contribution is -2.18. The second-order valence-corrected chi connectivity index (χ2v) is 15.3. The lowest BCUT2D eigenvalue weighted by molar-refractivity contribution is 0.921. The fraction of sp³-hybridized carbons (Fsp3) is 0.0357. The molecule has 0 unspecified atom stereocenters. The molecule has 0 spiro atoms. The molecule has 0 radical (unpaired) electrons. The summed E-state index contributed by atoms with van der Waals surface area (Å²) in [6, 6.07) is 75.3. The molecule has 1 aliphatic rings. The van der Waals surface area contributed by atoms with Gasteiger partial charge in [-0.1, -0.05) is 152 Å². The summed E-state index contributed by atoms with van der Waals surface area (Å²) in [6.07, 6.45) is 6.71. The van der Waals surface area contributed by atoms with Crippen LogP contribution in [-0.2, 0) is 0 Å². The normalized spacial score (nSPS) is 12.9. The highest BCUT2D eigenvalue weighted by Crippen LogP contribution is 2.39. The average molecular weight is 741 g/mol. The second-order valence-electron chi connectivity index (χ2n) is 15.3. The molecule has 2 nitrogen and oxygen atoms in total. The van der Waals surface area contributed by atoms with E-state index >= 15 is 0 Å². The molecule has 0 saturated heterocycles. The zero-order valence-corrected chi connectivity index (χ0v) is 32.1. The number of benzene rings is 9. The Hall–Kier alpha value is -7.42. The van der Waals surface area contributed by atoms with Crippen molar-refractivity contribution in [1.82, 2.24) is 4.57 Å². The van der Waals surface area contributed by atoms with E-state index in [1.807, 2.05) is 0 Å². The van der Waals surface area contributed by atoms with E-state index in [0.29, 0.717) is 0 Å². The van der Waals surface area contributed by atoms with Crippen LogP contribution in [0, 0.1) is 0 Å². The number of fused-ring (bicyclic) bond motifs is 5. The van der Waals surface area contributed by atoms with Crippen LogP contribution in [0.4, 0.5) is 11.4 Å². The topological polar surface area (TPSA) is 8.17 Å². The molecule has 1 aromatic heterocycles. The molecule has 1 aliphatic carbocycles. The zero-order valence-electron chi connectivity index (χ0n) is 32.1. The van der Waals surface area contributed by atoms with Crippen LogP contribution < -0.4 is 4.90 Å². The Bertz CT molecular complexity index is 3190. The smallest absolute Gasteiger partial charge is 0.0547 e. The summed E-state index contributed by atoms with van der Waals surface area (Å²) in [5, 5.41) is 7.53. The minimum absolute atomic E-state index is 0.969. The van der Waals surface area contributed by atoms with Crippen LogP contribution in [0.5, 0.6) is 0 Å². The first-order valence-electron chi connectivity index (χ1n) is 20.2. The lowest BCUT2D eigenvalue weighted by atomic mass is 9.96. The van der Waals surface area contributed by atoms with Crippen LogP contribution >= 0.6 is 0 Å². The number of hydrogen-bond donors (Lipinski definition) is 0. The number of rotatable bonds is 7. The average Bonchev–Trinajstić information content (AvgIpc) is 3.62. The van der Waals surface area contributed by atoms with Crippen molar-refractivity contribution in [3.63, 3.8) is 0 Å². The van der Waals surface area contributed by atoms with Gasteiger partial charge >= 0.3 is 0 Å². The Morgan fingerprint density at radius 2 is 0.931 bits per heavy atom. The zero-order chi connectivity index (χ0) is 38.4. The molecule has 0 amide bonds. The van der Waals surface area contributed by atoms with Gasteiger partial charge in [0.2, 0.25) is 0 Å². The van der Waals surface area contributed by atoms with Gasteiger partial charge in [-0.25, -0.2) is 0 Å². The summed E-state index contributed by atoms with van der Waals surface area (Å²) < 4.78 is 2.42. The van der Waals surface area contributed by atoms with Gasteiger partial charge < -0.3 is 9.47 Å². The van der Waals surface area contributed by atoms with Crippen molar-refractivity contribution in [2.45, 2.75) is 12.8 Å². The van der Waals surface area contributed by atoms with Crippen LogP contribution in [0.1, 0.15) is 18.4 Å². The van der Waals surface area contributed by atoms with Gasteiger partial charge in [-0.3, -0.25) is 0 Å². The molecule has 0 N–H and O–H groups in total. The second kappa shape index (κ2) is 14.3. The Balaban J connectivity index is 0.943. The summed E-state index contributed by atoms with van der Waals surface area (Å²) in [7, 11) is 0. The molecule has 1 heterocycles. The minimum Gasteiger partial charge on any atom is -0.314 e. The molecule has 58 heavy (non-hydrogen) atoms. The van der Waals surface area contributed by atoms with Gasteiger partial charge in [-0.05, 0) is 135 Å². The van der Waals surface area contributed by atoms with Crippen LogP contribution in [0.25, 0.3) is 76.9 Å². The lowest BCUT2D eigenvalue weighted by Gasteiger charge is -2.30. The van der Waals surface area contributed by atoms with Crippen LogP contribution in [0.15, 0.2) is 224 Å². The molecule has 11 rings (SSSR count). The Labute approximate surface area is 338 Å². The van der Waals surface area contributed by atoms with Crippen LogP contribution in [0.3, 0.4) is 0 Å². The van der Waals surface area contributed by atoms with Crippen molar-refractivity contribution in [3.8, 4) is 27.9 Å². The molecular weight excluding hydrogens is 701 g/mol. The van der Waals surface area contributed by atoms with E-state index in [9.17, 15) is 0 Å². The van der Waals surface area contributed by atoms with E-state index < -0.39 is 0 Å². The van der Waals surface area contributed by atoms with Crippen molar-refractivity contribution < 1.29 is 0 Å². The molecule has 274 valence electrons. The molecule has 0 fully saturated rings. The van der Waals surface area contributed by atoms with Gasteiger partial charge in [0.1, 0.15) is 0 Å². The number of nitrogens with zero attached hydrogens (tertiary/aromatic N) is 2. The summed E-state index contributed by atoms with van der Waals surface area (Å²) in [6.45, 7) is 0. The first-order valence-corrected chi connectivity index (χ1v) is 20.2. The van der Waals surface area contributed by atoms with Crippen molar-refractivity contribution in [1.29, 1.82) is 0 Å². The largest absolute Gasteiger partial charge is 0.314 e. The molecule has 10 aromatic rings. The van der Waals surface area contributed by atoms with Crippen molar-refractivity contribution >= 4 is 60.3 Å². The maximum absolute atomic E-state index is 2.44. The third-order valence-electron chi connectivity index (χ3n) is 11.8. The minimum atomic E-state index is 0.969. The maximum Gasteiger partial charge on any atom is 0.0547 e. The molecule has 2 heteroatoms. The molecule has 0 atom stereocenters. The molecule has 0 aliphatic heterocycles. The molecule has 0 bridgehead atoms. The van der Waals surface area contributed by atoms with E-state index in [1.165, 1.54) is 88.1 Å². The number of aromatic nitrogens is 1. The van der Waals surface area contributed by atoms with E-state index in [1.54, 1.807) is 0 Å². The summed E-state index contributed by atoms with van der Waals surface area (Å²) in [5.74, 6) is 0. The van der Waals surface area contributed by atoms with E-state index in [0.717, 1.165) is 24.2 Å². The number of para-hydroxylation sites is 1. The third-order valence-corrected chi connectivity index (χ3v) is 11.8. The van der Waals surface area contributed by atoms with Gasteiger partial charge in [0.25, 0.3) is 0 Å². The van der Waals surface area contributed by atoms with Gasteiger partial charge in [-0.15, -0.1) is 0 Å². The molecular formula is C56H40N2. The molecule has 0 saturated carbocycles. The highest BCUT2D eigenvalue weighted by atomic mass is 15.1.